The van der Waals surface area contributed by atoms with E-state index in [4.69, 9.17) is 0 Å². The highest BCUT2D eigenvalue weighted by Gasteiger charge is 2.38. The Bertz CT molecular complexity index is 3290. The molecule has 0 amide bonds. The van der Waals surface area contributed by atoms with Crippen LogP contribution in [0.3, 0.4) is 0 Å². The Balaban J connectivity index is 1.25. The molecule has 0 spiro atoms. The average molecular weight is 675 g/mol. The molecule has 0 N–H and O–H groups in total. The summed E-state index contributed by atoms with van der Waals surface area (Å²) in [6, 6.07) is 63.4. The first-order chi connectivity index (χ1) is 26.1. The Labute approximate surface area is 307 Å². The fraction of sp³-hybridized carbons (Fsp3) is 0.0588. The molecule has 0 fully saturated rings. The molecule has 2 heteroatoms. The number of hydrogen-bond donors (Lipinski definition) is 0. The number of fused-ring (bicyclic) bond motifs is 15. The summed E-state index contributed by atoms with van der Waals surface area (Å²) in [4.78, 5) is 2.56. The summed E-state index contributed by atoms with van der Waals surface area (Å²) < 4.78 is 2.53. The molecule has 0 unspecified atom stereocenters. The summed E-state index contributed by atoms with van der Waals surface area (Å²) in [6.07, 6.45) is 0. The molecular weight excluding hydrogens is 641 g/mol. The molecule has 0 saturated heterocycles. The van der Waals surface area contributed by atoms with Crippen LogP contribution in [0.2, 0.25) is 0 Å². The van der Waals surface area contributed by atoms with Gasteiger partial charge in [0.1, 0.15) is 0 Å². The van der Waals surface area contributed by atoms with Crippen molar-refractivity contribution in [1.29, 1.82) is 0 Å². The average Bonchev–Trinajstić information content (AvgIpc) is 3.82. The molecule has 0 aliphatic heterocycles. The van der Waals surface area contributed by atoms with E-state index < -0.39 is 0 Å². The zero-order valence-electron chi connectivity index (χ0n) is 29.6. The van der Waals surface area contributed by atoms with Crippen LogP contribution in [0.25, 0.3) is 81.5 Å². The summed E-state index contributed by atoms with van der Waals surface area (Å²) in [5, 5.41) is 12.8. The van der Waals surface area contributed by atoms with Gasteiger partial charge in [-0.2, -0.15) is 0 Å². The van der Waals surface area contributed by atoms with Crippen LogP contribution in [-0.4, -0.2) is 4.40 Å². The molecule has 9 aromatic carbocycles. The van der Waals surface area contributed by atoms with Crippen LogP contribution in [0.5, 0.6) is 0 Å². The fourth-order valence-corrected chi connectivity index (χ4v) is 10.00. The van der Waals surface area contributed by atoms with E-state index in [9.17, 15) is 0 Å². The summed E-state index contributed by atoms with van der Waals surface area (Å²) in [7, 11) is 0. The van der Waals surface area contributed by atoms with Crippen LogP contribution < -0.4 is 4.90 Å². The van der Waals surface area contributed by atoms with Gasteiger partial charge in [0.05, 0.1) is 27.9 Å². The third-order valence-corrected chi connectivity index (χ3v) is 12.3. The molecule has 11 aromatic rings. The quantitative estimate of drug-likeness (QED) is 0.169. The molecule has 2 heterocycles. The van der Waals surface area contributed by atoms with Crippen LogP contribution in [0.15, 0.2) is 170 Å². The second-order valence-corrected chi connectivity index (χ2v) is 15.3. The smallest absolute Gasteiger partial charge is 0.0782 e. The van der Waals surface area contributed by atoms with Gasteiger partial charge in [-0.3, -0.25) is 0 Å². The van der Waals surface area contributed by atoms with Crippen LogP contribution in [0, 0.1) is 0 Å². The van der Waals surface area contributed by atoms with E-state index in [0.717, 1.165) is 5.69 Å². The van der Waals surface area contributed by atoms with Gasteiger partial charge in [0, 0.05) is 38.2 Å². The minimum Gasteiger partial charge on any atom is -0.308 e. The van der Waals surface area contributed by atoms with E-state index in [1.165, 1.54) is 104 Å². The van der Waals surface area contributed by atoms with Crippen molar-refractivity contribution in [2.45, 2.75) is 19.3 Å². The maximum absolute atomic E-state index is 2.56. The lowest BCUT2D eigenvalue weighted by Gasteiger charge is -2.30. The Morgan fingerprint density at radius 1 is 0.396 bits per heavy atom. The highest BCUT2D eigenvalue weighted by atomic mass is 15.2. The van der Waals surface area contributed by atoms with Crippen molar-refractivity contribution >= 4 is 87.5 Å². The molecule has 0 atom stereocenters. The van der Waals surface area contributed by atoms with Crippen LogP contribution in [0.1, 0.15) is 25.0 Å². The minimum absolute atomic E-state index is 0.121. The predicted octanol–water partition coefficient (Wildman–Crippen LogP) is 14.1. The lowest BCUT2D eigenvalue weighted by molar-refractivity contribution is 0.660. The lowest BCUT2D eigenvalue weighted by atomic mass is 9.82. The van der Waals surface area contributed by atoms with Gasteiger partial charge >= 0.3 is 0 Å². The van der Waals surface area contributed by atoms with E-state index >= 15 is 0 Å². The molecule has 0 radical (unpaired) electrons. The summed E-state index contributed by atoms with van der Waals surface area (Å²) in [5.41, 5.74) is 12.5. The van der Waals surface area contributed by atoms with Crippen LogP contribution in [-0.2, 0) is 5.41 Å². The van der Waals surface area contributed by atoms with E-state index in [-0.39, 0.29) is 5.41 Å². The molecular formula is C51H34N2. The van der Waals surface area contributed by atoms with Crippen LogP contribution >= 0.6 is 0 Å². The van der Waals surface area contributed by atoms with Crippen molar-refractivity contribution in [3.63, 3.8) is 0 Å². The summed E-state index contributed by atoms with van der Waals surface area (Å²) in [6.45, 7) is 4.75. The van der Waals surface area contributed by atoms with Crippen molar-refractivity contribution in [1.82, 2.24) is 4.40 Å². The molecule has 2 nitrogen and oxygen atoms in total. The zero-order valence-corrected chi connectivity index (χ0v) is 29.6. The van der Waals surface area contributed by atoms with Crippen molar-refractivity contribution < 1.29 is 0 Å². The van der Waals surface area contributed by atoms with Gasteiger partial charge in [-0.25, -0.2) is 0 Å². The zero-order chi connectivity index (χ0) is 35.0. The Morgan fingerprint density at radius 2 is 0.906 bits per heavy atom. The Hall–Kier alpha value is -6.64. The van der Waals surface area contributed by atoms with Gasteiger partial charge in [-0.15, -0.1) is 0 Å². The van der Waals surface area contributed by atoms with Crippen molar-refractivity contribution in [2.24, 2.45) is 0 Å². The standard InChI is InChI=1S/C51H34N2/c1-51(2)43-23-9-7-19-41(43)48-44(51)24-13-26-46(48)52(31-28-29-36-34-16-4-3-14-32(34)33-15-5-6-17-35(33)42(36)30-31)47-27-12-22-40-39-21-11-20-38-37-18-8-10-25-45(37)53(49(38)39)50(40)47/h3-30H,1-2H3. The summed E-state index contributed by atoms with van der Waals surface area (Å²) in [5.74, 6) is 0. The largest absolute Gasteiger partial charge is 0.308 e. The molecule has 0 bridgehead atoms. The van der Waals surface area contributed by atoms with E-state index in [1.807, 2.05) is 0 Å². The normalized spacial score (nSPS) is 13.6. The maximum Gasteiger partial charge on any atom is 0.0782 e. The molecule has 53 heavy (non-hydrogen) atoms. The van der Waals surface area contributed by atoms with Crippen molar-refractivity contribution in [3.8, 4) is 11.1 Å². The maximum atomic E-state index is 2.56. The van der Waals surface area contributed by atoms with Gasteiger partial charge in [0.15, 0.2) is 0 Å². The first kappa shape index (κ1) is 29.0. The second kappa shape index (κ2) is 10.2. The molecule has 1 aliphatic carbocycles. The lowest BCUT2D eigenvalue weighted by Crippen LogP contribution is -2.16. The number of nitrogens with zero attached hydrogens (tertiary/aromatic N) is 2. The molecule has 2 aromatic heterocycles. The van der Waals surface area contributed by atoms with E-state index in [0.29, 0.717) is 0 Å². The SMILES string of the molecule is CC1(C)c2ccccc2-c2c(N(c3ccc4c5ccccc5c5ccccc5c4c3)c3cccc4c5cccc6c7ccccc7n(c34)c65)cccc21. The predicted molar refractivity (Wildman–Crippen MR) is 226 cm³/mol. The molecule has 0 saturated carbocycles. The second-order valence-electron chi connectivity index (χ2n) is 15.3. The number of hydrogen-bond acceptors (Lipinski definition) is 1. The van der Waals surface area contributed by atoms with E-state index in [1.54, 1.807) is 0 Å². The Morgan fingerprint density at radius 3 is 1.66 bits per heavy atom. The van der Waals surface area contributed by atoms with Crippen LogP contribution in [0.4, 0.5) is 17.1 Å². The monoisotopic (exact) mass is 674 g/mol. The molecule has 1 aliphatic rings. The first-order valence-electron chi connectivity index (χ1n) is 18.6. The van der Waals surface area contributed by atoms with Crippen molar-refractivity contribution in [2.75, 3.05) is 4.90 Å². The highest BCUT2D eigenvalue weighted by Crippen LogP contribution is 2.55. The van der Waals surface area contributed by atoms with Gasteiger partial charge in [0.25, 0.3) is 0 Å². The third-order valence-electron chi connectivity index (χ3n) is 12.3. The van der Waals surface area contributed by atoms with Gasteiger partial charge in [-0.05, 0) is 79.3 Å². The van der Waals surface area contributed by atoms with Gasteiger partial charge < -0.3 is 9.30 Å². The van der Waals surface area contributed by atoms with E-state index in [2.05, 4.69) is 193 Å². The number of rotatable bonds is 3. The van der Waals surface area contributed by atoms with Gasteiger partial charge in [-0.1, -0.05) is 153 Å². The number of anilines is 3. The van der Waals surface area contributed by atoms with Gasteiger partial charge in [0.2, 0.25) is 0 Å². The molecule has 12 rings (SSSR count). The first-order valence-corrected chi connectivity index (χ1v) is 18.6. The van der Waals surface area contributed by atoms with Crippen molar-refractivity contribution in [3.05, 3.63) is 181 Å². The highest BCUT2D eigenvalue weighted by molar-refractivity contribution is 6.27. The fourth-order valence-electron chi connectivity index (χ4n) is 10.00. The summed E-state index contributed by atoms with van der Waals surface area (Å²) >= 11 is 0. The topological polar surface area (TPSA) is 7.65 Å². The minimum atomic E-state index is -0.121. The third kappa shape index (κ3) is 3.67. The molecule has 248 valence electrons. The Kier molecular flexibility index (Phi) is 5.60. The number of aromatic nitrogens is 1. The number of para-hydroxylation sites is 3. The number of benzene rings is 9.